The van der Waals surface area contributed by atoms with Crippen LogP contribution in [0.25, 0.3) is 0 Å². The standard InChI is InChI=1S/C29H40N4O4S2/c1-18(2)32-12-11-22-23(15-32)38-27(24(22)26(35)30-6)31-25(34)19-7-9-21(10-8-19)39(36,37)33-17-29(5)14-20(33)13-28(3,4)16-29/h7-10,18,20H,11-17H2,1-6H3,(H,30,35)(H,31,34). The van der Waals surface area contributed by atoms with Crippen LogP contribution >= 0.6 is 11.3 Å². The lowest BCUT2D eigenvalue weighted by atomic mass is 9.65. The summed E-state index contributed by atoms with van der Waals surface area (Å²) in [6.45, 7) is 13.1. The zero-order valence-corrected chi connectivity index (χ0v) is 25.4. The fourth-order valence-electron chi connectivity index (χ4n) is 7.10. The molecule has 2 unspecified atom stereocenters. The molecule has 8 nitrogen and oxygen atoms in total. The van der Waals surface area contributed by atoms with E-state index in [0.29, 0.717) is 28.7 Å². The summed E-state index contributed by atoms with van der Waals surface area (Å²) in [7, 11) is -2.08. The second kappa shape index (κ2) is 9.98. The normalized spacial score (nSPS) is 24.9. The summed E-state index contributed by atoms with van der Waals surface area (Å²) >= 11 is 1.45. The molecule has 1 saturated heterocycles. The van der Waals surface area contributed by atoms with Crippen LogP contribution in [0.5, 0.6) is 0 Å². The van der Waals surface area contributed by atoms with Crippen LogP contribution in [-0.2, 0) is 23.0 Å². The van der Waals surface area contributed by atoms with Crippen molar-refractivity contribution in [2.45, 2.75) is 83.8 Å². The van der Waals surface area contributed by atoms with Gasteiger partial charge in [-0.25, -0.2) is 8.42 Å². The Labute approximate surface area is 236 Å². The van der Waals surface area contributed by atoms with Crippen molar-refractivity contribution in [2.75, 3.05) is 25.5 Å². The Balaban J connectivity index is 1.36. The lowest BCUT2D eigenvalue weighted by Gasteiger charge is -2.39. The molecule has 1 saturated carbocycles. The number of fused-ring (bicyclic) bond motifs is 3. The highest BCUT2D eigenvalue weighted by Crippen LogP contribution is 2.53. The maximum atomic E-state index is 13.6. The maximum Gasteiger partial charge on any atom is 0.256 e. The van der Waals surface area contributed by atoms with E-state index in [1.54, 1.807) is 23.5 Å². The quantitative estimate of drug-likeness (QED) is 0.522. The van der Waals surface area contributed by atoms with Crippen LogP contribution in [0.3, 0.4) is 0 Å². The maximum absolute atomic E-state index is 13.6. The van der Waals surface area contributed by atoms with Crippen LogP contribution in [-0.4, -0.2) is 61.7 Å². The Morgan fingerprint density at radius 1 is 1.08 bits per heavy atom. The number of hydrogen-bond donors (Lipinski definition) is 2. The first-order chi connectivity index (χ1) is 18.2. The molecular weight excluding hydrogens is 532 g/mol. The number of nitrogens with zero attached hydrogens (tertiary/aromatic N) is 2. The third-order valence-corrected chi connectivity index (χ3v) is 11.6. The van der Waals surface area contributed by atoms with E-state index >= 15 is 0 Å². The predicted molar refractivity (Wildman–Crippen MR) is 155 cm³/mol. The fraction of sp³-hybridized carbons (Fsp3) is 0.586. The lowest BCUT2D eigenvalue weighted by Crippen LogP contribution is -2.37. The average molecular weight is 573 g/mol. The molecule has 2 atom stereocenters. The van der Waals surface area contributed by atoms with Gasteiger partial charge in [-0.3, -0.25) is 14.5 Å². The fourth-order valence-corrected chi connectivity index (χ4v) is 10.1. The highest BCUT2D eigenvalue weighted by Gasteiger charge is 2.53. The van der Waals surface area contributed by atoms with Gasteiger partial charge in [-0.15, -0.1) is 11.3 Å². The summed E-state index contributed by atoms with van der Waals surface area (Å²) < 4.78 is 28.9. The van der Waals surface area contributed by atoms with E-state index in [9.17, 15) is 18.0 Å². The van der Waals surface area contributed by atoms with Gasteiger partial charge in [0.05, 0.1) is 10.5 Å². The number of sulfonamides is 1. The average Bonchev–Trinajstić information content (AvgIpc) is 3.35. The molecule has 1 aromatic heterocycles. The molecule has 2 bridgehead atoms. The number of carbonyl (C=O) groups excluding carboxylic acids is 2. The number of carbonyl (C=O) groups is 2. The molecule has 0 radical (unpaired) electrons. The van der Waals surface area contributed by atoms with E-state index in [0.717, 1.165) is 49.2 Å². The molecule has 2 N–H and O–H groups in total. The Kier molecular flexibility index (Phi) is 7.23. The number of benzene rings is 1. The third-order valence-electron chi connectivity index (χ3n) is 8.59. The van der Waals surface area contributed by atoms with Gasteiger partial charge in [0.1, 0.15) is 5.00 Å². The minimum absolute atomic E-state index is 0.00587. The summed E-state index contributed by atoms with van der Waals surface area (Å²) in [5.41, 5.74) is 1.99. The zero-order valence-electron chi connectivity index (χ0n) is 23.8. The Morgan fingerprint density at radius 2 is 1.77 bits per heavy atom. The monoisotopic (exact) mass is 572 g/mol. The van der Waals surface area contributed by atoms with Gasteiger partial charge in [-0.05, 0) is 80.2 Å². The first-order valence-electron chi connectivity index (χ1n) is 13.8. The van der Waals surface area contributed by atoms with Gasteiger partial charge in [0.25, 0.3) is 11.8 Å². The topological polar surface area (TPSA) is 98.8 Å². The Hall–Kier alpha value is -2.27. The van der Waals surface area contributed by atoms with Crippen LogP contribution in [0, 0.1) is 10.8 Å². The first kappa shape index (κ1) is 28.3. The van der Waals surface area contributed by atoms with Crippen LogP contribution in [0.4, 0.5) is 5.00 Å². The van der Waals surface area contributed by atoms with Crippen molar-refractivity contribution in [1.82, 2.24) is 14.5 Å². The van der Waals surface area contributed by atoms with Crippen molar-refractivity contribution in [3.8, 4) is 0 Å². The van der Waals surface area contributed by atoms with Crippen molar-refractivity contribution >= 4 is 38.2 Å². The Morgan fingerprint density at radius 3 is 2.41 bits per heavy atom. The minimum Gasteiger partial charge on any atom is -0.355 e. The van der Waals surface area contributed by atoms with E-state index in [1.165, 1.54) is 23.5 Å². The lowest BCUT2D eigenvalue weighted by molar-refractivity contribution is 0.0962. The summed E-state index contributed by atoms with van der Waals surface area (Å²) in [4.78, 5) is 29.7. The molecule has 3 aliphatic rings. The van der Waals surface area contributed by atoms with Gasteiger partial charge in [-0.1, -0.05) is 20.8 Å². The SMILES string of the molecule is CNC(=O)c1c(NC(=O)c2ccc(S(=O)(=O)N3CC4(C)CC3CC(C)(C)C4)cc2)sc2c1CCN(C(C)C)C2. The molecule has 1 aliphatic carbocycles. The van der Waals surface area contributed by atoms with Crippen LogP contribution in [0.2, 0.25) is 0 Å². The Bertz CT molecular complexity index is 1400. The van der Waals surface area contributed by atoms with E-state index in [-0.39, 0.29) is 33.6 Å². The van der Waals surface area contributed by atoms with E-state index in [2.05, 4.69) is 50.2 Å². The van der Waals surface area contributed by atoms with Gasteiger partial charge in [0.15, 0.2) is 0 Å². The summed E-state index contributed by atoms with van der Waals surface area (Å²) in [6.07, 6.45) is 3.52. The summed E-state index contributed by atoms with van der Waals surface area (Å²) in [5.74, 6) is -0.579. The summed E-state index contributed by atoms with van der Waals surface area (Å²) in [5, 5.41) is 6.19. The van der Waals surface area contributed by atoms with Gasteiger partial charge in [0.2, 0.25) is 10.0 Å². The molecule has 1 aromatic carbocycles. The molecule has 2 amide bonds. The smallest absolute Gasteiger partial charge is 0.256 e. The van der Waals surface area contributed by atoms with Crippen molar-refractivity contribution in [3.63, 3.8) is 0 Å². The van der Waals surface area contributed by atoms with E-state index in [4.69, 9.17) is 0 Å². The molecule has 2 fully saturated rings. The molecule has 39 heavy (non-hydrogen) atoms. The number of amides is 2. The van der Waals surface area contributed by atoms with Crippen LogP contribution in [0.1, 0.15) is 85.0 Å². The van der Waals surface area contributed by atoms with E-state index < -0.39 is 10.0 Å². The van der Waals surface area contributed by atoms with Crippen LogP contribution < -0.4 is 10.6 Å². The predicted octanol–water partition coefficient (Wildman–Crippen LogP) is 4.72. The van der Waals surface area contributed by atoms with Gasteiger partial charge in [0, 0.05) is 49.2 Å². The third kappa shape index (κ3) is 5.28. The van der Waals surface area contributed by atoms with Gasteiger partial charge >= 0.3 is 0 Å². The molecule has 10 heteroatoms. The number of hydrogen-bond acceptors (Lipinski definition) is 6. The van der Waals surface area contributed by atoms with Crippen molar-refractivity contribution in [2.24, 2.45) is 10.8 Å². The van der Waals surface area contributed by atoms with Gasteiger partial charge < -0.3 is 10.6 Å². The highest BCUT2D eigenvalue weighted by atomic mass is 32.2. The molecule has 3 heterocycles. The van der Waals surface area contributed by atoms with Crippen molar-refractivity contribution in [3.05, 3.63) is 45.8 Å². The largest absolute Gasteiger partial charge is 0.355 e. The number of thiophene rings is 1. The van der Waals surface area contributed by atoms with Crippen LogP contribution in [0.15, 0.2) is 29.2 Å². The molecule has 212 valence electrons. The second-order valence-corrected chi connectivity index (χ2v) is 15.8. The molecule has 2 aromatic rings. The second-order valence-electron chi connectivity index (χ2n) is 12.8. The molecule has 5 rings (SSSR count). The number of rotatable bonds is 6. The van der Waals surface area contributed by atoms with Crippen molar-refractivity contribution < 1.29 is 18.0 Å². The molecule has 0 spiro atoms. The summed E-state index contributed by atoms with van der Waals surface area (Å²) in [6, 6.07) is 6.57. The van der Waals surface area contributed by atoms with E-state index in [1.807, 2.05) is 0 Å². The zero-order chi connectivity index (χ0) is 28.3. The number of anilines is 1. The molecule has 2 aliphatic heterocycles. The molecular formula is C29H40N4O4S2. The number of nitrogens with one attached hydrogen (secondary N) is 2. The van der Waals surface area contributed by atoms with Gasteiger partial charge in [-0.2, -0.15) is 4.31 Å². The highest BCUT2D eigenvalue weighted by molar-refractivity contribution is 7.89. The minimum atomic E-state index is -3.67. The van der Waals surface area contributed by atoms with Crippen molar-refractivity contribution in [1.29, 1.82) is 0 Å². The first-order valence-corrected chi connectivity index (χ1v) is 16.0.